The van der Waals surface area contributed by atoms with Gasteiger partial charge in [0.2, 0.25) is 0 Å². The molecule has 1 amide bonds. The maximum Gasteiger partial charge on any atom is 0.341 e. The first kappa shape index (κ1) is 15.7. The summed E-state index contributed by atoms with van der Waals surface area (Å²) in [4.78, 5) is 25.3. The van der Waals surface area contributed by atoms with Crippen LogP contribution in [-0.4, -0.2) is 25.5 Å². The van der Waals surface area contributed by atoms with E-state index in [1.54, 1.807) is 6.92 Å². The van der Waals surface area contributed by atoms with Crippen LogP contribution in [0.2, 0.25) is 0 Å². The summed E-state index contributed by atoms with van der Waals surface area (Å²) in [5.41, 5.74) is 2.16. The number of hydrogen-bond acceptors (Lipinski definition) is 5. The van der Waals surface area contributed by atoms with Gasteiger partial charge in [-0.15, -0.1) is 11.3 Å². The molecule has 114 valence electrons. The maximum atomic E-state index is 12.1. The van der Waals surface area contributed by atoms with Crippen LogP contribution < -0.4 is 10.6 Å². The van der Waals surface area contributed by atoms with Gasteiger partial charge in [-0.1, -0.05) is 13.0 Å². The van der Waals surface area contributed by atoms with Crippen LogP contribution in [0, 0.1) is 0 Å². The first-order chi connectivity index (χ1) is 10.1. The average Bonchev–Trinajstić information content (AvgIpc) is 2.84. The molecule has 1 aromatic heterocycles. The van der Waals surface area contributed by atoms with Gasteiger partial charge in [-0.05, 0) is 31.9 Å². The van der Waals surface area contributed by atoms with E-state index < -0.39 is 0 Å². The third-order valence-electron chi connectivity index (χ3n) is 3.41. The highest BCUT2D eigenvalue weighted by molar-refractivity contribution is 7.17. The highest BCUT2D eigenvalue weighted by Gasteiger charge is 2.26. The Balaban J connectivity index is 2.34. The summed E-state index contributed by atoms with van der Waals surface area (Å²) < 4.78 is 4.87. The van der Waals surface area contributed by atoms with Crippen molar-refractivity contribution < 1.29 is 14.3 Å². The first-order valence-electron chi connectivity index (χ1n) is 7.00. The van der Waals surface area contributed by atoms with Crippen LogP contribution in [0.4, 0.5) is 5.00 Å². The van der Waals surface area contributed by atoms with E-state index in [1.165, 1.54) is 18.4 Å². The number of ether oxygens (including phenoxy) is 1. The molecule has 6 heteroatoms. The minimum Gasteiger partial charge on any atom is -0.465 e. The Morgan fingerprint density at radius 3 is 2.90 bits per heavy atom. The van der Waals surface area contributed by atoms with E-state index in [2.05, 4.69) is 10.6 Å². The van der Waals surface area contributed by atoms with E-state index in [1.807, 2.05) is 13.0 Å². The second kappa shape index (κ2) is 6.87. The van der Waals surface area contributed by atoms with Gasteiger partial charge in [0, 0.05) is 17.0 Å². The van der Waals surface area contributed by atoms with Crippen molar-refractivity contribution in [3.63, 3.8) is 0 Å². The van der Waals surface area contributed by atoms with Crippen molar-refractivity contribution in [2.45, 2.75) is 33.2 Å². The van der Waals surface area contributed by atoms with Gasteiger partial charge in [0.25, 0.3) is 5.91 Å². The molecule has 1 aliphatic heterocycles. The van der Waals surface area contributed by atoms with Gasteiger partial charge < -0.3 is 15.4 Å². The van der Waals surface area contributed by atoms with Gasteiger partial charge in [0.15, 0.2) is 0 Å². The summed E-state index contributed by atoms with van der Waals surface area (Å²) in [6.45, 7) is 5.30. The highest BCUT2D eigenvalue weighted by Crippen LogP contribution is 2.36. The first-order valence-corrected chi connectivity index (χ1v) is 7.81. The number of rotatable bonds is 4. The van der Waals surface area contributed by atoms with Gasteiger partial charge in [0.1, 0.15) is 5.00 Å². The molecule has 0 aromatic carbocycles. The lowest BCUT2D eigenvalue weighted by atomic mass is 10.0. The fourth-order valence-corrected chi connectivity index (χ4v) is 3.54. The number of carbonyl (C=O) groups is 2. The Morgan fingerprint density at radius 1 is 1.48 bits per heavy atom. The number of methoxy groups -OCH3 is 1. The summed E-state index contributed by atoms with van der Waals surface area (Å²) >= 11 is 1.45. The van der Waals surface area contributed by atoms with Crippen molar-refractivity contribution in [2.24, 2.45) is 0 Å². The predicted molar refractivity (Wildman–Crippen MR) is 83.7 cm³/mol. The van der Waals surface area contributed by atoms with Crippen LogP contribution in [0.3, 0.4) is 0 Å². The van der Waals surface area contributed by atoms with E-state index in [9.17, 15) is 9.59 Å². The Bertz CT molecular complexity index is 590. The van der Waals surface area contributed by atoms with E-state index in [0.29, 0.717) is 16.1 Å². The summed E-state index contributed by atoms with van der Waals surface area (Å²) in [7, 11) is 1.36. The lowest BCUT2D eigenvalue weighted by Gasteiger charge is -2.13. The van der Waals surface area contributed by atoms with Crippen LogP contribution >= 0.6 is 11.3 Å². The molecule has 0 spiro atoms. The van der Waals surface area contributed by atoms with E-state index in [4.69, 9.17) is 4.74 Å². The molecule has 0 unspecified atom stereocenters. The minimum absolute atomic E-state index is 0.173. The molecule has 0 bridgehead atoms. The molecule has 1 aliphatic rings. The topological polar surface area (TPSA) is 67.4 Å². The molecule has 5 nitrogen and oxygen atoms in total. The number of allylic oxidation sites excluding steroid dienone is 1. The number of fused-ring (bicyclic) bond motifs is 1. The van der Waals surface area contributed by atoms with Crippen molar-refractivity contribution in [3.05, 3.63) is 27.7 Å². The highest BCUT2D eigenvalue weighted by atomic mass is 32.1. The molecular formula is C15H20N2O3S. The van der Waals surface area contributed by atoms with E-state index >= 15 is 0 Å². The number of hydrogen-bond donors (Lipinski definition) is 2. The normalized spacial score (nSPS) is 14.5. The minimum atomic E-state index is -0.387. The molecule has 2 rings (SSSR count). The Kier molecular flexibility index (Phi) is 5.14. The molecule has 0 fully saturated rings. The van der Waals surface area contributed by atoms with Crippen molar-refractivity contribution >= 4 is 28.2 Å². The third kappa shape index (κ3) is 3.33. The van der Waals surface area contributed by atoms with E-state index in [0.717, 1.165) is 36.4 Å². The molecule has 0 saturated carbocycles. The van der Waals surface area contributed by atoms with Crippen LogP contribution in [-0.2, 0) is 22.5 Å². The summed E-state index contributed by atoms with van der Waals surface area (Å²) in [6, 6.07) is 0. The van der Waals surface area contributed by atoms with Crippen molar-refractivity contribution in [2.75, 3.05) is 19.0 Å². The molecule has 1 aromatic rings. The SMILES string of the molecule is CC/C=C(\C)C(=O)Nc1sc2c(c1C(=O)OC)CCNC2. The molecule has 0 saturated heterocycles. The number of thiophene rings is 1. The second-order valence-corrected chi connectivity index (χ2v) is 5.98. The second-order valence-electron chi connectivity index (χ2n) is 4.88. The monoisotopic (exact) mass is 308 g/mol. The smallest absolute Gasteiger partial charge is 0.341 e. The van der Waals surface area contributed by atoms with Gasteiger partial charge in [-0.25, -0.2) is 4.79 Å². The third-order valence-corrected chi connectivity index (χ3v) is 4.56. The van der Waals surface area contributed by atoms with Crippen molar-refractivity contribution in [3.8, 4) is 0 Å². The zero-order valence-electron chi connectivity index (χ0n) is 12.5. The average molecular weight is 308 g/mol. The molecule has 0 aliphatic carbocycles. The molecule has 21 heavy (non-hydrogen) atoms. The van der Waals surface area contributed by atoms with Crippen LogP contribution in [0.1, 0.15) is 41.1 Å². The molecule has 0 radical (unpaired) electrons. The molecule has 2 heterocycles. The predicted octanol–water partition coefficient (Wildman–Crippen LogP) is 2.48. The maximum absolute atomic E-state index is 12.1. The lowest BCUT2D eigenvalue weighted by molar-refractivity contribution is -0.112. The number of anilines is 1. The van der Waals surface area contributed by atoms with Crippen molar-refractivity contribution in [1.82, 2.24) is 5.32 Å². The molecule has 0 atom stereocenters. The van der Waals surface area contributed by atoms with Gasteiger partial charge in [-0.3, -0.25) is 4.79 Å². The Labute approximate surface area is 128 Å². The summed E-state index contributed by atoms with van der Waals surface area (Å²) in [6.07, 6.45) is 3.44. The molecule has 2 N–H and O–H groups in total. The van der Waals surface area contributed by atoms with Crippen LogP contribution in [0.15, 0.2) is 11.6 Å². The van der Waals surface area contributed by atoms with Crippen LogP contribution in [0.25, 0.3) is 0 Å². The standard InChI is InChI=1S/C15H20N2O3S/c1-4-5-9(2)13(18)17-14-12(15(19)20-3)10-6-7-16-8-11(10)21-14/h5,16H,4,6-8H2,1-3H3,(H,17,18)/b9-5+. The van der Waals surface area contributed by atoms with Gasteiger partial charge >= 0.3 is 5.97 Å². The van der Waals surface area contributed by atoms with Crippen LogP contribution in [0.5, 0.6) is 0 Å². The number of nitrogens with one attached hydrogen (secondary N) is 2. The zero-order valence-corrected chi connectivity index (χ0v) is 13.4. The Morgan fingerprint density at radius 2 is 2.24 bits per heavy atom. The number of esters is 1. The Hall–Kier alpha value is -1.66. The summed E-state index contributed by atoms with van der Waals surface area (Å²) in [5, 5.41) is 6.71. The zero-order chi connectivity index (χ0) is 15.4. The molecular weight excluding hydrogens is 288 g/mol. The van der Waals surface area contributed by atoms with E-state index in [-0.39, 0.29) is 11.9 Å². The largest absolute Gasteiger partial charge is 0.465 e. The number of amides is 1. The quantitative estimate of drug-likeness (QED) is 0.662. The summed E-state index contributed by atoms with van der Waals surface area (Å²) in [5.74, 6) is -0.560. The number of carbonyl (C=O) groups excluding carboxylic acids is 2. The lowest BCUT2D eigenvalue weighted by Crippen LogP contribution is -2.23. The fraction of sp³-hybridized carbons (Fsp3) is 0.467. The fourth-order valence-electron chi connectivity index (χ4n) is 2.34. The van der Waals surface area contributed by atoms with Gasteiger partial charge in [-0.2, -0.15) is 0 Å². The van der Waals surface area contributed by atoms with Gasteiger partial charge in [0.05, 0.1) is 12.7 Å². The van der Waals surface area contributed by atoms with Crippen molar-refractivity contribution in [1.29, 1.82) is 0 Å².